The molecule has 0 aliphatic heterocycles. The van der Waals surface area contributed by atoms with E-state index in [1.807, 2.05) is 0 Å². The SMILES string of the molecule is O=C(CC1(O)CC(S(=O)(=O)c2cc(C(=O)Nc3ccc(F)c(F)c3)ccc2Cl)C1)NCCCO. The summed E-state index contributed by atoms with van der Waals surface area (Å²) in [5, 5.41) is 23.0. The fraction of sp³-hybridized carbons (Fsp3) is 0.364. The van der Waals surface area contributed by atoms with Crippen LogP contribution in [-0.4, -0.2) is 54.4 Å². The molecule has 3 rings (SSSR count). The molecule has 1 fully saturated rings. The Morgan fingerprint density at radius 2 is 1.82 bits per heavy atom. The second kappa shape index (κ2) is 10.3. The number of rotatable bonds is 9. The van der Waals surface area contributed by atoms with Gasteiger partial charge >= 0.3 is 0 Å². The number of sulfone groups is 1. The minimum Gasteiger partial charge on any atom is -0.396 e. The second-order valence-electron chi connectivity index (χ2n) is 8.13. The van der Waals surface area contributed by atoms with Gasteiger partial charge in [-0.1, -0.05) is 11.6 Å². The first kappa shape index (κ1) is 26.0. The van der Waals surface area contributed by atoms with Crippen molar-refractivity contribution in [2.45, 2.75) is 41.4 Å². The first-order valence-electron chi connectivity index (χ1n) is 10.3. The van der Waals surface area contributed by atoms with E-state index in [1.54, 1.807) is 0 Å². The molecule has 12 heteroatoms. The first-order valence-corrected chi connectivity index (χ1v) is 12.3. The molecule has 2 amide bonds. The van der Waals surface area contributed by atoms with Crippen LogP contribution in [0.5, 0.6) is 0 Å². The van der Waals surface area contributed by atoms with Crippen molar-refractivity contribution in [3.8, 4) is 0 Å². The van der Waals surface area contributed by atoms with Gasteiger partial charge in [0.05, 0.1) is 27.2 Å². The van der Waals surface area contributed by atoms with Gasteiger partial charge in [0, 0.05) is 30.5 Å². The zero-order valence-electron chi connectivity index (χ0n) is 17.9. The summed E-state index contributed by atoms with van der Waals surface area (Å²) in [5.41, 5.74) is -1.59. The highest BCUT2D eigenvalue weighted by Gasteiger charge is 2.50. The maximum atomic E-state index is 13.4. The van der Waals surface area contributed by atoms with Crippen molar-refractivity contribution in [2.75, 3.05) is 18.5 Å². The second-order valence-corrected chi connectivity index (χ2v) is 10.7. The largest absolute Gasteiger partial charge is 0.396 e. The molecule has 2 aromatic carbocycles. The highest BCUT2D eigenvalue weighted by molar-refractivity contribution is 7.92. The Hall–Kier alpha value is -2.60. The molecule has 4 N–H and O–H groups in total. The minimum absolute atomic E-state index is 0.0235. The number of aliphatic hydroxyl groups excluding tert-OH is 1. The van der Waals surface area contributed by atoms with E-state index in [0.717, 1.165) is 24.3 Å². The van der Waals surface area contributed by atoms with Crippen LogP contribution in [0.25, 0.3) is 0 Å². The lowest BCUT2D eigenvalue weighted by molar-refractivity contribution is -0.129. The van der Waals surface area contributed by atoms with Crippen LogP contribution in [0.2, 0.25) is 5.02 Å². The quantitative estimate of drug-likeness (QED) is 0.378. The van der Waals surface area contributed by atoms with Gasteiger partial charge in [-0.15, -0.1) is 0 Å². The number of benzene rings is 2. The Kier molecular flexibility index (Phi) is 7.91. The zero-order chi connectivity index (χ0) is 25.1. The van der Waals surface area contributed by atoms with Gasteiger partial charge in [0.2, 0.25) is 5.91 Å². The molecule has 0 bridgehead atoms. The van der Waals surface area contributed by atoms with Gasteiger partial charge in [0.1, 0.15) is 0 Å². The standard InChI is InChI=1S/C22H23ClF2N2O6S/c23-16-4-2-13(21(30)27-14-3-5-17(24)18(25)9-14)8-19(16)34(32,33)15-10-22(31,11-15)12-20(29)26-6-1-7-28/h2-5,8-9,15,28,31H,1,6-7,10-12H2,(H,26,29)(H,27,30). The van der Waals surface area contributed by atoms with E-state index < -0.39 is 44.1 Å². The Labute approximate surface area is 199 Å². The van der Waals surface area contributed by atoms with Gasteiger partial charge in [0.25, 0.3) is 5.91 Å². The molecule has 2 aromatic rings. The van der Waals surface area contributed by atoms with Crippen LogP contribution in [0.1, 0.15) is 36.0 Å². The maximum Gasteiger partial charge on any atom is 0.255 e. The lowest BCUT2D eigenvalue weighted by Crippen LogP contribution is -2.53. The molecule has 8 nitrogen and oxygen atoms in total. The van der Waals surface area contributed by atoms with Crippen molar-refractivity contribution >= 4 is 38.9 Å². The van der Waals surface area contributed by atoms with E-state index in [-0.39, 0.29) is 53.6 Å². The van der Waals surface area contributed by atoms with Crippen LogP contribution in [0, 0.1) is 11.6 Å². The van der Waals surface area contributed by atoms with E-state index in [4.69, 9.17) is 16.7 Å². The van der Waals surface area contributed by atoms with Gasteiger partial charge in [-0.05, 0) is 49.6 Å². The van der Waals surface area contributed by atoms with Crippen LogP contribution < -0.4 is 10.6 Å². The third-order valence-electron chi connectivity index (χ3n) is 5.48. The van der Waals surface area contributed by atoms with E-state index in [1.165, 1.54) is 12.1 Å². The summed E-state index contributed by atoms with van der Waals surface area (Å²) >= 11 is 6.09. The summed E-state index contributed by atoms with van der Waals surface area (Å²) in [4.78, 5) is 24.1. The smallest absolute Gasteiger partial charge is 0.255 e. The van der Waals surface area contributed by atoms with Crippen molar-refractivity contribution in [2.24, 2.45) is 0 Å². The summed E-state index contributed by atoms with van der Waals surface area (Å²) in [6.45, 7) is 0.145. The zero-order valence-corrected chi connectivity index (χ0v) is 19.4. The molecule has 1 aliphatic rings. The third-order valence-corrected chi connectivity index (χ3v) is 8.08. The van der Waals surface area contributed by atoms with Crippen LogP contribution in [-0.2, 0) is 14.6 Å². The molecule has 34 heavy (non-hydrogen) atoms. The maximum absolute atomic E-state index is 13.4. The lowest BCUT2D eigenvalue weighted by Gasteiger charge is -2.42. The number of amides is 2. The predicted octanol–water partition coefficient (Wildman–Crippen LogP) is 2.43. The molecule has 0 spiro atoms. The number of anilines is 1. The Morgan fingerprint density at radius 1 is 1.12 bits per heavy atom. The van der Waals surface area contributed by atoms with E-state index in [9.17, 15) is 31.9 Å². The van der Waals surface area contributed by atoms with Crippen molar-refractivity contribution in [1.82, 2.24) is 5.32 Å². The van der Waals surface area contributed by atoms with Crippen molar-refractivity contribution in [3.63, 3.8) is 0 Å². The Morgan fingerprint density at radius 3 is 2.47 bits per heavy atom. The normalized spacial score (nSPS) is 19.9. The van der Waals surface area contributed by atoms with Gasteiger partial charge < -0.3 is 20.8 Å². The molecule has 0 radical (unpaired) electrons. The van der Waals surface area contributed by atoms with Gasteiger partial charge in [-0.2, -0.15) is 0 Å². The monoisotopic (exact) mass is 516 g/mol. The third kappa shape index (κ3) is 5.90. The molecule has 0 unspecified atom stereocenters. The fourth-order valence-corrected chi connectivity index (χ4v) is 6.13. The van der Waals surface area contributed by atoms with Crippen molar-refractivity contribution in [3.05, 3.63) is 58.6 Å². The number of carbonyl (C=O) groups excluding carboxylic acids is 2. The Balaban J connectivity index is 1.70. The van der Waals surface area contributed by atoms with Crippen LogP contribution in [0.15, 0.2) is 41.3 Å². The fourth-order valence-electron chi connectivity index (χ4n) is 3.64. The number of hydrogen-bond donors (Lipinski definition) is 4. The molecule has 0 saturated heterocycles. The van der Waals surface area contributed by atoms with Crippen molar-refractivity contribution < 1.29 is 37.0 Å². The molecule has 0 atom stereocenters. The summed E-state index contributed by atoms with van der Waals surface area (Å²) < 4.78 is 52.6. The summed E-state index contributed by atoms with van der Waals surface area (Å²) in [7, 11) is -4.05. The molecular formula is C22H23ClF2N2O6S. The molecule has 1 aliphatic carbocycles. The van der Waals surface area contributed by atoms with Crippen LogP contribution in [0.3, 0.4) is 0 Å². The van der Waals surface area contributed by atoms with E-state index in [0.29, 0.717) is 6.42 Å². The van der Waals surface area contributed by atoms with E-state index >= 15 is 0 Å². The molecular weight excluding hydrogens is 494 g/mol. The van der Waals surface area contributed by atoms with Crippen LogP contribution >= 0.6 is 11.6 Å². The highest BCUT2D eigenvalue weighted by atomic mass is 35.5. The molecule has 184 valence electrons. The van der Waals surface area contributed by atoms with Crippen LogP contribution in [0.4, 0.5) is 14.5 Å². The average Bonchev–Trinajstić information content (AvgIpc) is 2.74. The first-order chi connectivity index (χ1) is 15.9. The number of carbonyl (C=O) groups is 2. The summed E-state index contributed by atoms with van der Waals surface area (Å²) in [6.07, 6.45) is -0.302. The van der Waals surface area contributed by atoms with Gasteiger partial charge in [0.15, 0.2) is 21.5 Å². The number of hydrogen-bond acceptors (Lipinski definition) is 6. The lowest BCUT2D eigenvalue weighted by atomic mass is 9.77. The van der Waals surface area contributed by atoms with Crippen molar-refractivity contribution in [1.29, 1.82) is 0 Å². The molecule has 1 saturated carbocycles. The summed E-state index contributed by atoms with van der Waals surface area (Å²) in [5.74, 6) is -3.46. The highest BCUT2D eigenvalue weighted by Crippen LogP contribution is 2.43. The predicted molar refractivity (Wildman–Crippen MR) is 120 cm³/mol. The number of aliphatic hydroxyl groups is 2. The van der Waals surface area contributed by atoms with Gasteiger partial charge in [-0.3, -0.25) is 9.59 Å². The molecule has 0 heterocycles. The number of nitrogens with one attached hydrogen (secondary N) is 2. The minimum atomic E-state index is -4.05. The number of halogens is 3. The van der Waals surface area contributed by atoms with E-state index in [2.05, 4.69) is 10.6 Å². The topological polar surface area (TPSA) is 133 Å². The molecule has 0 aromatic heterocycles. The van der Waals surface area contributed by atoms with Gasteiger partial charge in [-0.25, -0.2) is 17.2 Å². The average molecular weight is 517 g/mol. The summed E-state index contributed by atoms with van der Waals surface area (Å²) in [6, 6.07) is 6.37. The Bertz CT molecular complexity index is 1200.